The third-order valence-electron chi connectivity index (χ3n) is 3.27. The summed E-state index contributed by atoms with van der Waals surface area (Å²) in [6.45, 7) is 3.51. The van der Waals surface area contributed by atoms with E-state index in [1.54, 1.807) is 13.8 Å². The summed E-state index contributed by atoms with van der Waals surface area (Å²) in [5.74, 6) is -1.80. The quantitative estimate of drug-likeness (QED) is 0.567. The number of aliphatic hydroxyl groups is 1. The number of rotatable bonds is 2. The first kappa shape index (κ1) is 21.7. The predicted molar refractivity (Wildman–Crippen MR) is 83.8 cm³/mol. The molecule has 2 aromatic rings. The first-order valence-corrected chi connectivity index (χ1v) is 7.32. The molecule has 0 unspecified atom stereocenters. The molecule has 2 rings (SSSR count). The highest BCUT2D eigenvalue weighted by Gasteiger charge is 2.39. The van der Waals surface area contributed by atoms with Crippen LogP contribution in [0.3, 0.4) is 0 Å². The molecule has 0 spiro atoms. The summed E-state index contributed by atoms with van der Waals surface area (Å²) < 4.78 is 71.6. The van der Waals surface area contributed by atoms with Gasteiger partial charge in [0.25, 0.3) is 5.78 Å². The van der Waals surface area contributed by atoms with E-state index >= 15 is 0 Å². The Kier molecular flexibility index (Phi) is 6.97. The molecule has 1 N–H and O–H groups in total. The minimum absolute atomic E-state index is 0.127. The number of aryl methyl sites for hydroxylation is 2. The molecule has 0 fully saturated rings. The SMILES string of the molecule is Cc1ccc(C(=O)C(F)(F)F)cc1.Cc1ccc([C@@H](O)C(F)(F)F)cc1. The largest absolute Gasteiger partial charge is 0.454 e. The number of carbonyl (C=O) groups excluding carboxylic acids is 1. The molecule has 8 heteroatoms. The van der Waals surface area contributed by atoms with Gasteiger partial charge in [0.05, 0.1) is 0 Å². The number of aliphatic hydroxyl groups excluding tert-OH is 1. The Hall–Kier alpha value is -2.35. The average molecular weight is 378 g/mol. The standard InChI is InChI=1S/C9H9F3O.C9H7F3O/c2*1-6-2-4-7(5-3-6)8(13)9(10,11)12/h2-5,8,13H,1H3;2-5H,1H3/t8-;/m1./s1. The molecule has 26 heavy (non-hydrogen) atoms. The molecule has 1 atom stereocenters. The normalized spacial score (nSPS) is 12.8. The van der Waals surface area contributed by atoms with Gasteiger partial charge in [0.1, 0.15) is 0 Å². The lowest BCUT2D eigenvalue weighted by Crippen LogP contribution is -2.22. The molecule has 0 aromatic heterocycles. The summed E-state index contributed by atoms with van der Waals surface area (Å²) >= 11 is 0. The number of halogens is 6. The smallest absolute Gasteiger partial charge is 0.379 e. The van der Waals surface area contributed by atoms with Crippen LogP contribution in [0.5, 0.6) is 0 Å². The molecular weight excluding hydrogens is 362 g/mol. The summed E-state index contributed by atoms with van der Waals surface area (Å²) in [6.07, 6.45) is -11.8. The molecule has 0 aliphatic heterocycles. The van der Waals surface area contributed by atoms with E-state index in [1.165, 1.54) is 48.5 Å². The summed E-state index contributed by atoms with van der Waals surface area (Å²) in [6, 6.07) is 10.9. The van der Waals surface area contributed by atoms with Gasteiger partial charge >= 0.3 is 12.4 Å². The van der Waals surface area contributed by atoms with Crippen LogP contribution in [0.25, 0.3) is 0 Å². The minimum atomic E-state index is -4.78. The average Bonchev–Trinajstić information content (AvgIpc) is 2.54. The van der Waals surface area contributed by atoms with Gasteiger partial charge in [-0.25, -0.2) is 0 Å². The Morgan fingerprint density at radius 3 is 1.54 bits per heavy atom. The molecule has 0 amide bonds. The Morgan fingerprint density at radius 1 is 0.808 bits per heavy atom. The van der Waals surface area contributed by atoms with E-state index in [2.05, 4.69) is 0 Å². The van der Waals surface area contributed by atoms with Crippen LogP contribution < -0.4 is 0 Å². The van der Waals surface area contributed by atoms with Crippen LogP contribution in [0, 0.1) is 13.8 Å². The van der Waals surface area contributed by atoms with Crippen molar-refractivity contribution < 1.29 is 36.2 Å². The zero-order valence-electron chi connectivity index (χ0n) is 13.8. The Balaban J connectivity index is 0.000000260. The lowest BCUT2D eigenvalue weighted by atomic mass is 10.1. The zero-order valence-corrected chi connectivity index (χ0v) is 13.8. The summed E-state index contributed by atoms with van der Waals surface area (Å²) in [7, 11) is 0. The van der Waals surface area contributed by atoms with Gasteiger partial charge in [-0.3, -0.25) is 4.79 Å². The van der Waals surface area contributed by atoms with Gasteiger partial charge in [-0.05, 0) is 19.4 Å². The van der Waals surface area contributed by atoms with Gasteiger partial charge in [-0.2, -0.15) is 26.3 Å². The molecule has 0 radical (unpaired) electrons. The van der Waals surface area contributed by atoms with Crippen molar-refractivity contribution >= 4 is 5.78 Å². The van der Waals surface area contributed by atoms with Crippen LogP contribution in [-0.2, 0) is 0 Å². The molecular formula is C18H16F6O2. The fraction of sp³-hybridized carbons (Fsp3) is 0.278. The fourth-order valence-corrected chi connectivity index (χ4v) is 1.81. The number of carbonyl (C=O) groups is 1. The van der Waals surface area contributed by atoms with E-state index in [4.69, 9.17) is 5.11 Å². The predicted octanol–water partition coefficient (Wildman–Crippen LogP) is 5.33. The van der Waals surface area contributed by atoms with Crippen LogP contribution in [0.2, 0.25) is 0 Å². The van der Waals surface area contributed by atoms with Crippen molar-refractivity contribution in [1.29, 1.82) is 0 Å². The first-order valence-electron chi connectivity index (χ1n) is 7.32. The van der Waals surface area contributed by atoms with Crippen LogP contribution in [0.15, 0.2) is 48.5 Å². The minimum Gasteiger partial charge on any atom is -0.379 e. The number of hydrogen-bond acceptors (Lipinski definition) is 2. The van der Waals surface area contributed by atoms with Crippen molar-refractivity contribution in [3.05, 3.63) is 70.8 Å². The zero-order chi connectivity index (χ0) is 20.1. The van der Waals surface area contributed by atoms with E-state index in [-0.39, 0.29) is 11.1 Å². The Labute approximate surface area is 146 Å². The lowest BCUT2D eigenvalue weighted by Gasteiger charge is -2.14. The Morgan fingerprint density at radius 2 is 1.19 bits per heavy atom. The number of alkyl halides is 6. The van der Waals surface area contributed by atoms with Crippen molar-refractivity contribution in [2.75, 3.05) is 0 Å². The van der Waals surface area contributed by atoms with Gasteiger partial charge in [-0.1, -0.05) is 59.7 Å². The van der Waals surface area contributed by atoms with Crippen molar-refractivity contribution in [3.63, 3.8) is 0 Å². The number of Topliss-reactive ketones (excluding diaryl/α,β-unsaturated/α-hetero) is 1. The van der Waals surface area contributed by atoms with Crippen LogP contribution in [0.4, 0.5) is 26.3 Å². The topological polar surface area (TPSA) is 37.3 Å². The molecule has 0 heterocycles. The fourth-order valence-electron chi connectivity index (χ4n) is 1.81. The molecule has 0 bridgehead atoms. The summed E-state index contributed by atoms with van der Waals surface area (Å²) in [5, 5.41) is 8.82. The number of hydrogen-bond donors (Lipinski definition) is 1. The van der Waals surface area contributed by atoms with Gasteiger partial charge in [0.2, 0.25) is 0 Å². The highest BCUT2D eigenvalue weighted by Crippen LogP contribution is 2.32. The van der Waals surface area contributed by atoms with E-state index in [0.717, 1.165) is 11.1 Å². The highest BCUT2D eigenvalue weighted by atomic mass is 19.4. The molecule has 0 saturated carbocycles. The summed E-state index contributed by atoms with van der Waals surface area (Å²) in [5.41, 5.74) is 1.23. The third-order valence-corrected chi connectivity index (χ3v) is 3.27. The van der Waals surface area contributed by atoms with Gasteiger partial charge in [0.15, 0.2) is 6.10 Å². The van der Waals surface area contributed by atoms with Gasteiger partial charge in [0, 0.05) is 5.56 Å². The van der Waals surface area contributed by atoms with Crippen molar-refractivity contribution in [3.8, 4) is 0 Å². The maximum Gasteiger partial charge on any atom is 0.454 e. The lowest BCUT2D eigenvalue weighted by molar-refractivity contribution is -0.206. The third kappa shape index (κ3) is 6.51. The van der Waals surface area contributed by atoms with E-state index < -0.39 is 24.2 Å². The molecule has 0 saturated heterocycles. The monoisotopic (exact) mass is 378 g/mol. The molecule has 2 aromatic carbocycles. The second-order valence-electron chi connectivity index (χ2n) is 5.55. The second kappa shape index (κ2) is 8.35. The van der Waals surface area contributed by atoms with E-state index in [0.29, 0.717) is 0 Å². The molecule has 0 aliphatic rings. The van der Waals surface area contributed by atoms with E-state index in [9.17, 15) is 31.1 Å². The number of ketones is 1. The van der Waals surface area contributed by atoms with E-state index in [1.807, 2.05) is 0 Å². The second-order valence-corrected chi connectivity index (χ2v) is 5.55. The van der Waals surface area contributed by atoms with Crippen LogP contribution in [-0.4, -0.2) is 23.2 Å². The summed E-state index contributed by atoms with van der Waals surface area (Å²) in [4.78, 5) is 10.7. The Bertz CT molecular complexity index is 715. The number of benzene rings is 2. The highest BCUT2D eigenvalue weighted by molar-refractivity contribution is 6.00. The maximum absolute atomic E-state index is 12.0. The van der Waals surface area contributed by atoms with Crippen LogP contribution in [0.1, 0.15) is 33.2 Å². The van der Waals surface area contributed by atoms with Crippen molar-refractivity contribution in [1.82, 2.24) is 0 Å². The molecule has 142 valence electrons. The van der Waals surface area contributed by atoms with Crippen LogP contribution >= 0.6 is 0 Å². The van der Waals surface area contributed by atoms with Crippen molar-refractivity contribution in [2.24, 2.45) is 0 Å². The van der Waals surface area contributed by atoms with Gasteiger partial charge in [-0.15, -0.1) is 0 Å². The maximum atomic E-state index is 12.0. The van der Waals surface area contributed by atoms with Gasteiger partial charge < -0.3 is 5.11 Å². The van der Waals surface area contributed by atoms with Crippen molar-refractivity contribution in [2.45, 2.75) is 32.3 Å². The molecule has 2 nitrogen and oxygen atoms in total. The first-order chi connectivity index (χ1) is 11.8. The molecule has 0 aliphatic carbocycles.